The van der Waals surface area contributed by atoms with Crippen LogP contribution in [-0.4, -0.2) is 22.7 Å². The number of nitrogens with one attached hydrogen (secondary N) is 1. The molecule has 0 saturated heterocycles. The van der Waals surface area contributed by atoms with Crippen LogP contribution in [0.4, 0.5) is 0 Å². The number of aliphatic hydroxyl groups is 1. The van der Waals surface area contributed by atoms with E-state index in [1.807, 2.05) is 6.07 Å². The zero-order valence-electron chi connectivity index (χ0n) is 9.90. The maximum Gasteiger partial charge on any atom is 0.129 e. The first-order valence-electron chi connectivity index (χ1n) is 6.29. The predicted molar refractivity (Wildman–Crippen MR) is 69.1 cm³/mol. The Morgan fingerprint density at radius 3 is 2.82 bits per heavy atom. The lowest BCUT2D eigenvalue weighted by molar-refractivity contribution is 0.161. The smallest absolute Gasteiger partial charge is 0.129 e. The second kappa shape index (κ2) is 6.34. The predicted octanol–water partition coefficient (Wildman–Crippen LogP) is 2.69. The van der Waals surface area contributed by atoms with Crippen molar-refractivity contribution in [1.29, 1.82) is 0 Å². The average molecular weight is 255 g/mol. The normalized spacial score (nSPS) is 19.2. The third-order valence-corrected chi connectivity index (χ3v) is 3.49. The number of aliphatic hydroxyl groups excluding tert-OH is 1. The second-order valence-corrected chi connectivity index (χ2v) is 5.03. The quantitative estimate of drug-likeness (QED) is 0.812. The Balaban J connectivity index is 1.82. The maximum atomic E-state index is 9.99. The van der Waals surface area contributed by atoms with Crippen LogP contribution in [0.15, 0.2) is 18.2 Å². The van der Waals surface area contributed by atoms with Crippen molar-refractivity contribution in [2.45, 2.75) is 44.2 Å². The van der Waals surface area contributed by atoms with Gasteiger partial charge >= 0.3 is 0 Å². The van der Waals surface area contributed by atoms with Crippen molar-refractivity contribution in [2.24, 2.45) is 0 Å². The fraction of sp³-hybridized carbons (Fsp3) is 0.615. The summed E-state index contributed by atoms with van der Waals surface area (Å²) in [5, 5.41) is 13.8. The highest BCUT2D eigenvalue weighted by atomic mass is 35.5. The molecule has 1 saturated carbocycles. The first kappa shape index (κ1) is 12.8. The third kappa shape index (κ3) is 3.95. The zero-order valence-corrected chi connectivity index (χ0v) is 10.7. The first-order chi connectivity index (χ1) is 8.25. The summed E-state index contributed by atoms with van der Waals surface area (Å²) in [7, 11) is 0. The standard InChI is InChI=1S/C13H19ClN2O/c14-13-8-4-7-11(16-13)12(17)9-15-10-5-2-1-3-6-10/h4,7-8,10,12,15,17H,1-3,5-6,9H2/t12-/m1/s1. The molecule has 0 amide bonds. The van der Waals surface area contributed by atoms with Gasteiger partial charge in [0.15, 0.2) is 0 Å². The van der Waals surface area contributed by atoms with Gasteiger partial charge in [0, 0.05) is 12.6 Å². The zero-order chi connectivity index (χ0) is 12.1. The Kier molecular flexibility index (Phi) is 4.77. The molecule has 2 N–H and O–H groups in total. The van der Waals surface area contributed by atoms with Crippen molar-refractivity contribution in [3.05, 3.63) is 29.0 Å². The van der Waals surface area contributed by atoms with Gasteiger partial charge in [0.1, 0.15) is 11.3 Å². The Morgan fingerprint density at radius 1 is 1.35 bits per heavy atom. The van der Waals surface area contributed by atoms with E-state index in [-0.39, 0.29) is 0 Å². The van der Waals surface area contributed by atoms with Crippen LogP contribution in [0.3, 0.4) is 0 Å². The third-order valence-electron chi connectivity index (χ3n) is 3.28. The second-order valence-electron chi connectivity index (χ2n) is 4.64. The van der Waals surface area contributed by atoms with Gasteiger partial charge in [0.05, 0.1) is 5.69 Å². The number of rotatable bonds is 4. The molecule has 1 aromatic heterocycles. The minimum Gasteiger partial charge on any atom is -0.385 e. The van der Waals surface area contributed by atoms with Crippen LogP contribution in [0.25, 0.3) is 0 Å². The topological polar surface area (TPSA) is 45.1 Å². The number of aromatic nitrogens is 1. The molecule has 4 heteroatoms. The van der Waals surface area contributed by atoms with Gasteiger partial charge in [-0.25, -0.2) is 4.98 Å². The number of hydrogen-bond donors (Lipinski definition) is 2. The summed E-state index contributed by atoms with van der Waals surface area (Å²) in [6, 6.07) is 5.89. The molecule has 1 aromatic rings. The van der Waals surface area contributed by atoms with E-state index < -0.39 is 6.10 Å². The molecule has 3 nitrogen and oxygen atoms in total. The summed E-state index contributed by atoms with van der Waals surface area (Å²) in [6.45, 7) is 0.554. The van der Waals surface area contributed by atoms with E-state index >= 15 is 0 Å². The number of nitrogens with zero attached hydrogens (tertiary/aromatic N) is 1. The summed E-state index contributed by atoms with van der Waals surface area (Å²) in [4.78, 5) is 4.11. The van der Waals surface area contributed by atoms with E-state index in [2.05, 4.69) is 10.3 Å². The molecule has 0 unspecified atom stereocenters. The number of halogens is 1. The van der Waals surface area contributed by atoms with Crippen LogP contribution < -0.4 is 5.32 Å². The van der Waals surface area contributed by atoms with Gasteiger partial charge in [-0.3, -0.25) is 0 Å². The summed E-state index contributed by atoms with van der Waals surface area (Å²) in [5.74, 6) is 0. The average Bonchev–Trinajstić information content (AvgIpc) is 2.37. The molecule has 0 radical (unpaired) electrons. The molecule has 2 rings (SSSR count). The van der Waals surface area contributed by atoms with Crippen molar-refractivity contribution in [3.63, 3.8) is 0 Å². The number of hydrogen-bond acceptors (Lipinski definition) is 3. The summed E-state index contributed by atoms with van der Waals surface area (Å²) in [6.07, 6.45) is 5.80. The minimum atomic E-state index is -0.573. The molecule has 1 fully saturated rings. The first-order valence-corrected chi connectivity index (χ1v) is 6.67. The maximum absolute atomic E-state index is 9.99. The Bertz CT molecular complexity index is 353. The molecule has 0 aliphatic heterocycles. The molecule has 0 bridgehead atoms. The lowest BCUT2D eigenvalue weighted by atomic mass is 9.95. The van der Waals surface area contributed by atoms with Crippen molar-refractivity contribution < 1.29 is 5.11 Å². The minimum absolute atomic E-state index is 0.430. The molecule has 17 heavy (non-hydrogen) atoms. The van der Waals surface area contributed by atoms with Crippen LogP contribution in [0.5, 0.6) is 0 Å². The van der Waals surface area contributed by atoms with Crippen LogP contribution in [0.2, 0.25) is 5.15 Å². The highest BCUT2D eigenvalue weighted by Crippen LogP contribution is 2.18. The molecule has 0 spiro atoms. The van der Waals surface area contributed by atoms with Crippen LogP contribution in [-0.2, 0) is 0 Å². The SMILES string of the molecule is O[C@H](CNC1CCCCC1)c1cccc(Cl)n1. The van der Waals surface area contributed by atoms with Crippen molar-refractivity contribution in [2.75, 3.05) is 6.54 Å². The van der Waals surface area contributed by atoms with Crippen molar-refractivity contribution in [3.8, 4) is 0 Å². The molecular formula is C13H19ClN2O. The van der Waals surface area contributed by atoms with Gasteiger partial charge in [-0.15, -0.1) is 0 Å². The highest BCUT2D eigenvalue weighted by molar-refractivity contribution is 6.29. The molecule has 1 atom stereocenters. The van der Waals surface area contributed by atoms with Crippen LogP contribution in [0, 0.1) is 0 Å². The summed E-state index contributed by atoms with van der Waals surface area (Å²) >= 11 is 5.80. The van der Waals surface area contributed by atoms with Crippen LogP contribution >= 0.6 is 11.6 Å². The fourth-order valence-corrected chi connectivity index (χ4v) is 2.47. The van der Waals surface area contributed by atoms with Gasteiger partial charge in [0.25, 0.3) is 0 Å². The van der Waals surface area contributed by atoms with Gasteiger partial charge in [-0.1, -0.05) is 36.9 Å². The van der Waals surface area contributed by atoms with Crippen molar-refractivity contribution >= 4 is 11.6 Å². The monoisotopic (exact) mass is 254 g/mol. The molecule has 94 valence electrons. The van der Waals surface area contributed by atoms with Crippen LogP contribution in [0.1, 0.15) is 43.9 Å². The number of pyridine rings is 1. The summed E-state index contributed by atoms with van der Waals surface area (Å²) < 4.78 is 0. The van der Waals surface area contributed by atoms with E-state index in [1.165, 1.54) is 32.1 Å². The Hall–Kier alpha value is -0.640. The van der Waals surface area contributed by atoms with Crippen molar-refractivity contribution in [1.82, 2.24) is 10.3 Å². The van der Waals surface area contributed by atoms with E-state index in [0.717, 1.165) is 0 Å². The highest BCUT2D eigenvalue weighted by Gasteiger charge is 2.15. The lowest BCUT2D eigenvalue weighted by Gasteiger charge is -2.24. The van der Waals surface area contributed by atoms with Gasteiger partial charge < -0.3 is 10.4 Å². The largest absolute Gasteiger partial charge is 0.385 e. The van der Waals surface area contributed by atoms with E-state index in [0.29, 0.717) is 23.4 Å². The van der Waals surface area contributed by atoms with E-state index in [1.54, 1.807) is 12.1 Å². The van der Waals surface area contributed by atoms with Gasteiger partial charge in [-0.05, 0) is 25.0 Å². The summed E-state index contributed by atoms with van der Waals surface area (Å²) in [5.41, 5.74) is 0.640. The van der Waals surface area contributed by atoms with E-state index in [4.69, 9.17) is 11.6 Å². The van der Waals surface area contributed by atoms with Gasteiger partial charge in [0.2, 0.25) is 0 Å². The molecule has 1 aliphatic rings. The van der Waals surface area contributed by atoms with Gasteiger partial charge in [-0.2, -0.15) is 0 Å². The lowest BCUT2D eigenvalue weighted by Crippen LogP contribution is -2.34. The Morgan fingerprint density at radius 2 is 2.12 bits per heavy atom. The molecule has 0 aromatic carbocycles. The molecular weight excluding hydrogens is 236 g/mol. The van der Waals surface area contributed by atoms with E-state index in [9.17, 15) is 5.11 Å². The molecule has 1 heterocycles. The Labute approximate surface area is 107 Å². The molecule has 1 aliphatic carbocycles. The fourth-order valence-electron chi connectivity index (χ4n) is 2.30.